The van der Waals surface area contributed by atoms with Crippen LogP contribution in [0.15, 0.2) is 0 Å². The number of amides is 2. The van der Waals surface area contributed by atoms with Gasteiger partial charge in [0.1, 0.15) is 0 Å². The van der Waals surface area contributed by atoms with Crippen LogP contribution in [0.1, 0.15) is 25.7 Å². The summed E-state index contributed by atoms with van der Waals surface area (Å²) in [5.41, 5.74) is 7.02. The third-order valence-corrected chi connectivity index (χ3v) is 3.41. The topological polar surface area (TPSA) is 47.4 Å². The van der Waals surface area contributed by atoms with Crippen LogP contribution in [-0.4, -0.2) is 48.1 Å². The number of urea groups is 1. The van der Waals surface area contributed by atoms with Gasteiger partial charge in [-0.2, -0.15) is 0 Å². The molecule has 2 aliphatic heterocycles. The Labute approximate surface area is 85.0 Å². The molecule has 0 atom stereocenters. The summed E-state index contributed by atoms with van der Waals surface area (Å²) in [5.74, 6) is 0. The minimum absolute atomic E-state index is 0.509. The van der Waals surface area contributed by atoms with E-state index in [2.05, 4.69) is 4.90 Å². The molecule has 4 heteroatoms. The average molecular weight is 196 g/mol. The van der Waals surface area contributed by atoms with Crippen molar-refractivity contribution in [2.45, 2.75) is 31.7 Å². The van der Waals surface area contributed by atoms with Crippen LogP contribution >= 0.6 is 0 Å². The first kappa shape index (κ1) is 9.77. The fraction of sp³-hybridized carbons (Fsp3) is 0.900. The van der Waals surface area contributed by atoms with Gasteiger partial charge in [0.15, 0.2) is 0 Å². The fourth-order valence-electron chi connectivity index (χ4n) is 2.54. The zero-order chi connectivity index (χ0) is 9.97. The molecule has 79 valence electrons. The van der Waals surface area contributed by atoms with Crippen molar-refractivity contribution in [1.29, 1.82) is 0 Å². The summed E-state index contributed by atoms with van der Waals surface area (Å²) in [5, 5.41) is 0. The highest BCUT2D eigenvalue weighted by atomic mass is 16.2. The highest BCUT2D eigenvalue weighted by molar-refractivity contribution is 5.71. The zero-order valence-corrected chi connectivity index (χ0v) is 8.54. The number of piperidine rings is 1. The van der Waals surface area contributed by atoms with Gasteiger partial charge in [0.25, 0.3) is 0 Å². The van der Waals surface area contributed by atoms with E-state index in [1.807, 2.05) is 0 Å². The van der Waals surface area contributed by atoms with E-state index in [4.69, 9.17) is 5.73 Å². The summed E-state index contributed by atoms with van der Waals surface area (Å²) >= 11 is 0. The van der Waals surface area contributed by atoms with Gasteiger partial charge in [-0.05, 0) is 38.8 Å². The molecule has 0 saturated carbocycles. The van der Waals surface area contributed by atoms with Crippen LogP contribution in [0.4, 0.5) is 4.79 Å². The predicted octanol–water partition coefficient (Wildman–Crippen LogP) is 0.949. The van der Waals surface area contributed by atoms with Crippen LogP contribution in [-0.2, 0) is 0 Å². The SMILES string of the molecule is [NH]C(=O)N1CCC(N2CCCC2)CC1. The van der Waals surface area contributed by atoms with E-state index in [1.165, 1.54) is 25.9 Å². The fourth-order valence-corrected chi connectivity index (χ4v) is 2.54. The van der Waals surface area contributed by atoms with Gasteiger partial charge in [0, 0.05) is 19.1 Å². The number of hydrogen-bond acceptors (Lipinski definition) is 2. The Morgan fingerprint density at radius 1 is 1.07 bits per heavy atom. The molecule has 2 aliphatic rings. The van der Waals surface area contributed by atoms with Crippen molar-refractivity contribution in [3.8, 4) is 0 Å². The summed E-state index contributed by atoms with van der Waals surface area (Å²) in [6, 6.07) is 0.165. The highest BCUT2D eigenvalue weighted by Gasteiger charge is 2.27. The molecule has 0 aromatic rings. The first-order valence-electron chi connectivity index (χ1n) is 5.52. The second-order valence-corrected chi connectivity index (χ2v) is 4.27. The molecule has 0 aliphatic carbocycles. The monoisotopic (exact) mass is 196 g/mol. The quantitative estimate of drug-likeness (QED) is 0.627. The van der Waals surface area contributed by atoms with Crippen LogP contribution in [0.25, 0.3) is 0 Å². The number of likely N-dealkylation sites (tertiary alicyclic amines) is 2. The molecule has 2 saturated heterocycles. The van der Waals surface area contributed by atoms with Gasteiger partial charge in [0.05, 0.1) is 0 Å². The van der Waals surface area contributed by atoms with Gasteiger partial charge in [-0.25, -0.2) is 10.5 Å². The molecule has 0 aromatic carbocycles. The molecule has 0 unspecified atom stereocenters. The molecular formula is C10H18N3O. The van der Waals surface area contributed by atoms with Crippen molar-refractivity contribution >= 4 is 6.03 Å². The third kappa shape index (κ3) is 2.00. The van der Waals surface area contributed by atoms with Crippen LogP contribution in [0, 0.1) is 0 Å². The minimum atomic E-state index is -0.509. The van der Waals surface area contributed by atoms with E-state index in [0.29, 0.717) is 6.04 Å². The van der Waals surface area contributed by atoms with Crippen molar-refractivity contribution in [3.63, 3.8) is 0 Å². The summed E-state index contributed by atoms with van der Waals surface area (Å²) in [6.07, 6.45) is 4.78. The second-order valence-electron chi connectivity index (χ2n) is 4.27. The first-order valence-corrected chi connectivity index (χ1v) is 5.52. The minimum Gasteiger partial charge on any atom is -0.323 e. The Hall–Kier alpha value is -0.770. The number of nitrogens with one attached hydrogen (secondary N) is 1. The van der Waals surface area contributed by atoms with Gasteiger partial charge in [-0.3, -0.25) is 0 Å². The van der Waals surface area contributed by atoms with Gasteiger partial charge in [0.2, 0.25) is 0 Å². The number of nitrogens with zero attached hydrogens (tertiary/aromatic N) is 2. The molecule has 2 fully saturated rings. The Bertz CT molecular complexity index is 205. The lowest BCUT2D eigenvalue weighted by molar-refractivity contribution is 0.137. The van der Waals surface area contributed by atoms with E-state index in [0.717, 1.165) is 25.9 Å². The number of carbonyl (C=O) groups excluding carboxylic acids is 1. The van der Waals surface area contributed by atoms with Crippen LogP contribution in [0.3, 0.4) is 0 Å². The smallest absolute Gasteiger partial charge is 0.323 e. The summed E-state index contributed by atoms with van der Waals surface area (Å²) < 4.78 is 0. The molecule has 2 amide bonds. The van der Waals surface area contributed by atoms with Crippen LogP contribution in [0.2, 0.25) is 0 Å². The van der Waals surface area contributed by atoms with Gasteiger partial charge < -0.3 is 9.80 Å². The Morgan fingerprint density at radius 3 is 2.14 bits per heavy atom. The predicted molar refractivity (Wildman–Crippen MR) is 53.9 cm³/mol. The maximum atomic E-state index is 10.8. The summed E-state index contributed by atoms with van der Waals surface area (Å²) in [7, 11) is 0. The van der Waals surface area contributed by atoms with E-state index < -0.39 is 6.03 Å². The molecule has 0 bridgehead atoms. The van der Waals surface area contributed by atoms with Gasteiger partial charge in [-0.15, -0.1) is 0 Å². The van der Waals surface area contributed by atoms with Crippen molar-refractivity contribution in [2.24, 2.45) is 0 Å². The lowest BCUT2D eigenvalue weighted by atomic mass is 10.0. The largest absolute Gasteiger partial charge is 0.336 e. The van der Waals surface area contributed by atoms with E-state index in [-0.39, 0.29) is 0 Å². The second kappa shape index (κ2) is 4.17. The molecular weight excluding hydrogens is 178 g/mol. The number of hydrogen-bond donors (Lipinski definition) is 0. The lowest BCUT2D eigenvalue weighted by Crippen LogP contribution is -2.45. The number of carbonyl (C=O) groups is 1. The Morgan fingerprint density at radius 2 is 1.64 bits per heavy atom. The van der Waals surface area contributed by atoms with E-state index in [1.54, 1.807) is 4.90 Å². The highest BCUT2D eigenvalue weighted by Crippen LogP contribution is 2.20. The van der Waals surface area contributed by atoms with Crippen LogP contribution in [0.5, 0.6) is 0 Å². The van der Waals surface area contributed by atoms with Gasteiger partial charge in [-0.1, -0.05) is 0 Å². The molecule has 14 heavy (non-hydrogen) atoms. The maximum Gasteiger partial charge on any atom is 0.336 e. The molecule has 0 aromatic heterocycles. The van der Waals surface area contributed by atoms with Crippen molar-refractivity contribution < 1.29 is 4.79 Å². The third-order valence-electron chi connectivity index (χ3n) is 3.41. The van der Waals surface area contributed by atoms with Crippen molar-refractivity contribution in [3.05, 3.63) is 0 Å². The summed E-state index contributed by atoms with van der Waals surface area (Å²) in [6.45, 7) is 4.03. The molecule has 1 radical (unpaired) electrons. The summed E-state index contributed by atoms with van der Waals surface area (Å²) in [4.78, 5) is 15.0. The number of rotatable bonds is 1. The van der Waals surface area contributed by atoms with E-state index >= 15 is 0 Å². The zero-order valence-electron chi connectivity index (χ0n) is 8.54. The maximum absolute atomic E-state index is 10.8. The normalized spacial score (nSPS) is 25.6. The first-order chi connectivity index (χ1) is 6.77. The Kier molecular flexibility index (Phi) is 2.91. The standard InChI is InChI=1S/C10H18N3O/c11-10(14)13-7-3-9(4-8-13)12-5-1-2-6-12/h9,11H,1-8H2. The van der Waals surface area contributed by atoms with Crippen molar-refractivity contribution in [2.75, 3.05) is 26.2 Å². The molecule has 2 rings (SSSR count). The van der Waals surface area contributed by atoms with E-state index in [9.17, 15) is 4.79 Å². The lowest BCUT2D eigenvalue weighted by Gasteiger charge is -2.35. The van der Waals surface area contributed by atoms with Crippen molar-refractivity contribution in [1.82, 2.24) is 15.5 Å². The Balaban J connectivity index is 1.80. The molecule has 4 nitrogen and oxygen atoms in total. The molecule has 0 spiro atoms. The average Bonchev–Trinajstić information content (AvgIpc) is 2.71. The van der Waals surface area contributed by atoms with Gasteiger partial charge >= 0.3 is 6.03 Å². The molecule has 1 N–H and O–H groups in total. The van der Waals surface area contributed by atoms with Crippen LogP contribution < -0.4 is 5.73 Å². The molecule has 2 heterocycles.